The molecule has 0 radical (unpaired) electrons. The summed E-state index contributed by atoms with van der Waals surface area (Å²) in [6, 6.07) is 5.03. The van der Waals surface area contributed by atoms with Crippen LogP contribution >= 0.6 is 0 Å². The van der Waals surface area contributed by atoms with E-state index in [1.54, 1.807) is 39.0 Å². The van der Waals surface area contributed by atoms with Gasteiger partial charge in [0.25, 0.3) is 0 Å². The van der Waals surface area contributed by atoms with E-state index < -0.39 is 24.1 Å². The molecule has 3 rings (SSSR count). The van der Waals surface area contributed by atoms with Crippen LogP contribution in [0.4, 0.5) is 0 Å². The van der Waals surface area contributed by atoms with Crippen LogP contribution in [0.25, 0.3) is 11.0 Å². The zero-order chi connectivity index (χ0) is 19.9. The van der Waals surface area contributed by atoms with Crippen LogP contribution in [0.5, 0.6) is 5.75 Å². The van der Waals surface area contributed by atoms with Crippen molar-refractivity contribution in [2.24, 2.45) is 5.92 Å². The van der Waals surface area contributed by atoms with Crippen molar-refractivity contribution in [3.05, 3.63) is 39.7 Å². The number of carbonyl (C=O) groups is 1. The van der Waals surface area contributed by atoms with E-state index in [1.165, 1.54) is 6.92 Å². The largest absolute Gasteiger partial charge is 0.462 e. The Bertz CT molecular complexity index is 916. The highest BCUT2D eigenvalue weighted by atomic mass is 16.7. The number of aryl methyl sites for hydroxylation is 1. The molecule has 27 heavy (non-hydrogen) atoms. The zero-order valence-electron chi connectivity index (χ0n) is 15.8. The van der Waals surface area contributed by atoms with Gasteiger partial charge in [-0.25, -0.2) is 4.79 Å². The summed E-state index contributed by atoms with van der Waals surface area (Å²) in [5, 5.41) is 21.1. The van der Waals surface area contributed by atoms with Crippen molar-refractivity contribution in [1.29, 1.82) is 0 Å². The molecule has 2 N–H and O–H groups in total. The molecule has 1 fully saturated rings. The van der Waals surface area contributed by atoms with Crippen molar-refractivity contribution < 1.29 is 28.9 Å². The number of carbonyl (C=O) groups excluding carboxylic acids is 1. The lowest BCUT2D eigenvalue weighted by Gasteiger charge is -2.40. The van der Waals surface area contributed by atoms with Gasteiger partial charge in [0.1, 0.15) is 23.2 Å². The van der Waals surface area contributed by atoms with Crippen LogP contribution in [0.2, 0.25) is 0 Å². The molecular weight excluding hydrogens is 352 g/mol. The van der Waals surface area contributed by atoms with E-state index in [0.29, 0.717) is 27.8 Å². The van der Waals surface area contributed by atoms with Crippen LogP contribution in [0.1, 0.15) is 31.9 Å². The summed E-state index contributed by atoms with van der Waals surface area (Å²) in [4.78, 5) is 23.4. The fraction of sp³-hybridized carbons (Fsp3) is 0.500. The number of aliphatic hydroxyl groups excluding tert-OH is 2. The SMILES string of the molecule is CC(=O)Cc1cc2ccc(O[C@@H]3O[C@@H](C)[C@H](C)[C@@H](O)[C@H]3O)c(C)c2oc1=O. The van der Waals surface area contributed by atoms with Gasteiger partial charge in [0.2, 0.25) is 6.29 Å². The number of ketones is 1. The van der Waals surface area contributed by atoms with E-state index in [9.17, 15) is 19.8 Å². The molecule has 5 atom stereocenters. The summed E-state index contributed by atoms with van der Waals surface area (Å²) in [5.41, 5.74) is 0.650. The minimum atomic E-state index is -1.20. The molecule has 2 heterocycles. The summed E-state index contributed by atoms with van der Waals surface area (Å²) >= 11 is 0. The minimum absolute atomic E-state index is 0.0195. The maximum absolute atomic E-state index is 12.1. The van der Waals surface area contributed by atoms with E-state index in [2.05, 4.69) is 0 Å². The van der Waals surface area contributed by atoms with Crippen LogP contribution in [-0.4, -0.2) is 40.6 Å². The second-order valence-corrected chi connectivity index (χ2v) is 7.21. The van der Waals surface area contributed by atoms with E-state index in [4.69, 9.17) is 13.9 Å². The van der Waals surface area contributed by atoms with E-state index in [0.717, 1.165) is 0 Å². The Labute approximate surface area is 156 Å². The summed E-state index contributed by atoms with van der Waals surface area (Å²) in [7, 11) is 0. The Hall–Kier alpha value is -2.22. The predicted molar refractivity (Wildman–Crippen MR) is 97.7 cm³/mol. The maximum Gasteiger partial charge on any atom is 0.339 e. The van der Waals surface area contributed by atoms with Crippen LogP contribution in [0, 0.1) is 12.8 Å². The van der Waals surface area contributed by atoms with Gasteiger partial charge in [-0.2, -0.15) is 0 Å². The van der Waals surface area contributed by atoms with Crippen LogP contribution in [0.3, 0.4) is 0 Å². The summed E-state index contributed by atoms with van der Waals surface area (Å²) in [6.07, 6.45) is -3.47. The van der Waals surface area contributed by atoms with E-state index in [-0.39, 0.29) is 24.2 Å². The van der Waals surface area contributed by atoms with Crippen molar-refractivity contribution in [2.45, 2.75) is 58.7 Å². The minimum Gasteiger partial charge on any atom is -0.462 e. The molecule has 0 bridgehead atoms. The quantitative estimate of drug-likeness (QED) is 0.783. The van der Waals surface area contributed by atoms with Crippen molar-refractivity contribution >= 4 is 16.8 Å². The van der Waals surface area contributed by atoms with Gasteiger partial charge < -0.3 is 24.1 Å². The normalized spacial score (nSPS) is 28.3. The monoisotopic (exact) mass is 376 g/mol. The van der Waals surface area contributed by atoms with Crippen molar-refractivity contribution in [3.8, 4) is 5.75 Å². The van der Waals surface area contributed by atoms with Crippen molar-refractivity contribution in [1.82, 2.24) is 0 Å². The molecular formula is C20H24O7. The Balaban J connectivity index is 1.93. The second kappa shape index (κ2) is 7.42. The highest BCUT2D eigenvalue weighted by Gasteiger charge is 2.41. The van der Waals surface area contributed by atoms with Gasteiger partial charge in [-0.3, -0.25) is 4.79 Å². The Morgan fingerprint density at radius 3 is 2.59 bits per heavy atom. The third kappa shape index (κ3) is 3.76. The van der Waals surface area contributed by atoms with E-state index in [1.807, 2.05) is 0 Å². The lowest BCUT2D eigenvalue weighted by Crippen LogP contribution is -2.54. The number of benzene rings is 1. The summed E-state index contributed by atoms with van der Waals surface area (Å²) in [5.74, 6) is 0.0295. The molecule has 146 valence electrons. The average Bonchev–Trinajstić information content (AvgIpc) is 2.61. The first-order chi connectivity index (χ1) is 12.7. The van der Waals surface area contributed by atoms with Gasteiger partial charge in [0.15, 0.2) is 0 Å². The van der Waals surface area contributed by atoms with Crippen LogP contribution in [0.15, 0.2) is 27.4 Å². The van der Waals surface area contributed by atoms with E-state index >= 15 is 0 Å². The topological polar surface area (TPSA) is 106 Å². The number of hydrogen-bond acceptors (Lipinski definition) is 7. The second-order valence-electron chi connectivity index (χ2n) is 7.21. The lowest BCUT2D eigenvalue weighted by molar-refractivity contribution is -0.251. The number of ether oxygens (including phenoxy) is 2. The van der Waals surface area contributed by atoms with Gasteiger partial charge >= 0.3 is 5.63 Å². The number of hydrogen-bond donors (Lipinski definition) is 2. The molecule has 1 aromatic heterocycles. The Morgan fingerprint density at radius 2 is 1.93 bits per heavy atom. The highest BCUT2D eigenvalue weighted by molar-refractivity contribution is 5.84. The summed E-state index contributed by atoms with van der Waals surface area (Å²) < 4.78 is 16.9. The molecule has 2 aromatic rings. The molecule has 1 aliphatic heterocycles. The summed E-state index contributed by atoms with van der Waals surface area (Å²) in [6.45, 7) is 6.74. The van der Waals surface area contributed by atoms with Gasteiger partial charge in [-0.15, -0.1) is 0 Å². The Kier molecular flexibility index (Phi) is 5.37. The fourth-order valence-electron chi connectivity index (χ4n) is 3.26. The lowest BCUT2D eigenvalue weighted by atomic mass is 9.92. The number of Topliss-reactive ketones (excluding diaryl/α,β-unsaturated/α-hetero) is 1. The first kappa shape index (κ1) is 19.5. The molecule has 0 spiro atoms. The van der Waals surface area contributed by atoms with Crippen molar-refractivity contribution in [2.75, 3.05) is 0 Å². The van der Waals surface area contributed by atoms with Gasteiger partial charge in [0.05, 0.1) is 12.2 Å². The van der Waals surface area contributed by atoms with Crippen molar-refractivity contribution in [3.63, 3.8) is 0 Å². The molecule has 1 saturated heterocycles. The third-order valence-corrected chi connectivity index (χ3v) is 5.11. The average molecular weight is 376 g/mol. The zero-order valence-corrected chi connectivity index (χ0v) is 15.8. The third-order valence-electron chi connectivity index (χ3n) is 5.11. The smallest absolute Gasteiger partial charge is 0.339 e. The van der Waals surface area contributed by atoms with Gasteiger partial charge in [-0.1, -0.05) is 6.92 Å². The van der Waals surface area contributed by atoms with Crippen LogP contribution < -0.4 is 10.4 Å². The molecule has 0 unspecified atom stereocenters. The fourth-order valence-corrected chi connectivity index (χ4v) is 3.26. The number of rotatable bonds is 4. The molecule has 0 amide bonds. The number of aliphatic hydroxyl groups is 2. The van der Waals surface area contributed by atoms with Crippen LogP contribution in [-0.2, 0) is 16.0 Å². The first-order valence-electron chi connectivity index (χ1n) is 8.93. The molecule has 0 aliphatic carbocycles. The number of fused-ring (bicyclic) bond motifs is 1. The maximum atomic E-state index is 12.1. The predicted octanol–water partition coefficient (Wildman–Crippen LogP) is 1.71. The van der Waals surface area contributed by atoms with Gasteiger partial charge in [-0.05, 0) is 39.0 Å². The molecule has 1 aromatic carbocycles. The molecule has 1 aliphatic rings. The standard InChI is InChI=1S/C20H24O7/c1-9(21)7-14-8-13-5-6-15(11(3)18(13)27-19(14)24)26-20-17(23)16(22)10(2)12(4)25-20/h5-6,8,10,12,16-17,20,22-23H,7H2,1-4H3/t10-,12-,16+,17+,20-/m0/s1. The molecule has 7 heteroatoms. The van der Waals surface area contributed by atoms with Gasteiger partial charge in [0, 0.05) is 28.9 Å². The Morgan fingerprint density at radius 1 is 1.22 bits per heavy atom. The first-order valence-corrected chi connectivity index (χ1v) is 8.93. The highest BCUT2D eigenvalue weighted by Crippen LogP contribution is 2.32. The molecule has 7 nitrogen and oxygen atoms in total. The molecule has 0 saturated carbocycles.